The van der Waals surface area contributed by atoms with Crippen molar-refractivity contribution < 1.29 is 23.4 Å². The summed E-state index contributed by atoms with van der Waals surface area (Å²) in [5.74, 6) is -0.634. The highest BCUT2D eigenvalue weighted by molar-refractivity contribution is 7.99. The number of hydrogen-bond acceptors (Lipinski definition) is 4. The highest BCUT2D eigenvalue weighted by Gasteiger charge is 2.17. The normalized spacial score (nSPS) is 10.9. The lowest BCUT2D eigenvalue weighted by atomic mass is 10.3. The number of carboxylic acid groups (broad SMARTS) is 1. The number of aromatic nitrogens is 2. The second-order valence-corrected chi connectivity index (χ2v) is 5.00. The summed E-state index contributed by atoms with van der Waals surface area (Å²) in [5, 5.41) is 12.9. The molecule has 0 bridgehead atoms. The van der Waals surface area contributed by atoms with Crippen LogP contribution in [0.3, 0.4) is 0 Å². The van der Waals surface area contributed by atoms with Crippen molar-refractivity contribution in [1.82, 2.24) is 9.78 Å². The van der Waals surface area contributed by atoms with E-state index >= 15 is 0 Å². The molecule has 0 amide bonds. The van der Waals surface area contributed by atoms with Gasteiger partial charge >= 0.3 is 5.97 Å². The Kier molecular flexibility index (Phi) is 4.79. The summed E-state index contributed by atoms with van der Waals surface area (Å²) in [6, 6.07) is 7.86. The van der Waals surface area contributed by atoms with Gasteiger partial charge in [-0.3, -0.25) is 4.79 Å². The van der Waals surface area contributed by atoms with E-state index in [0.717, 1.165) is 11.8 Å². The van der Waals surface area contributed by atoms with Crippen molar-refractivity contribution in [2.24, 2.45) is 0 Å². The van der Waals surface area contributed by atoms with Gasteiger partial charge in [-0.15, -0.1) is 0 Å². The van der Waals surface area contributed by atoms with Gasteiger partial charge in [0.2, 0.25) is 0 Å². The van der Waals surface area contributed by atoms with Crippen molar-refractivity contribution in [3.05, 3.63) is 36.0 Å². The Morgan fingerprint density at radius 2 is 2.10 bits per heavy atom. The highest BCUT2D eigenvalue weighted by Crippen LogP contribution is 2.28. The fraction of sp³-hybridized carbons (Fsp3) is 0.231. The van der Waals surface area contributed by atoms with Gasteiger partial charge in [0.25, 0.3) is 6.43 Å². The predicted octanol–water partition coefficient (Wildman–Crippen LogP) is 3.00. The van der Waals surface area contributed by atoms with Crippen molar-refractivity contribution in [2.75, 3.05) is 12.9 Å². The predicted molar refractivity (Wildman–Crippen MR) is 73.4 cm³/mol. The molecule has 1 aromatic carbocycles. The number of hydrogen-bond donors (Lipinski definition) is 1. The maximum absolute atomic E-state index is 12.8. The number of nitrogens with zero attached hydrogens (tertiary/aromatic N) is 2. The maximum Gasteiger partial charge on any atom is 0.313 e. The topological polar surface area (TPSA) is 64.4 Å². The molecule has 0 aliphatic rings. The minimum absolute atomic E-state index is 0.232. The van der Waals surface area contributed by atoms with Crippen LogP contribution >= 0.6 is 11.8 Å². The van der Waals surface area contributed by atoms with Gasteiger partial charge in [0.1, 0.15) is 16.5 Å². The molecule has 2 rings (SSSR count). The number of ether oxygens (including phenoxy) is 1. The first kappa shape index (κ1) is 15.3. The zero-order chi connectivity index (χ0) is 15.4. The second-order valence-electron chi connectivity index (χ2n) is 4.00. The number of carboxylic acids is 1. The summed E-state index contributed by atoms with van der Waals surface area (Å²) >= 11 is 0.935. The number of methoxy groups -OCH3 is 1. The van der Waals surface area contributed by atoms with Crippen LogP contribution in [0.4, 0.5) is 8.78 Å². The fourth-order valence-corrected chi connectivity index (χ4v) is 2.38. The molecule has 112 valence electrons. The molecule has 2 aromatic rings. The molecule has 0 fully saturated rings. The number of carbonyl (C=O) groups is 1. The molecule has 0 saturated carbocycles. The van der Waals surface area contributed by atoms with Crippen LogP contribution in [0.2, 0.25) is 0 Å². The first-order valence-electron chi connectivity index (χ1n) is 5.88. The average Bonchev–Trinajstić information content (AvgIpc) is 2.89. The van der Waals surface area contributed by atoms with E-state index in [-0.39, 0.29) is 5.75 Å². The maximum atomic E-state index is 12.8. The zero-order valence-electron chi connectivity index (χ0n) is 11.0. The molecule has 0 spiro atoms. The van der Waals surface area contributed by atoms with Crippen LogP contribution < -0.4 is 4.74 Å². The smallest absolute Gasteiger partial charge is 0.313 e. The Morgan fingerprint density at radius 3 is 2.62 bits per heavy atom. The van der Waals surface area contributed by atoms with E-state index in [9.17, 15) is 13.6 Å². The number of halogens is 2. The van der Waals surface area contributed by atoms with Crippen molar-refractivity contribution in [1.29, 1.82) is 0 Å². The van der Waals surface area contributed by atoms with E-state index in [1.807, 2.05) is 0 Å². The van der Waals surface area contributed by atoms with Gasteiger partial charge in [0, 0.05) is 0 Å². The summed E-state index contributed by atoms with van der Waals surface area (Å²) in [6.07, 6.45) is -2.71. The van der Waals surface area contributed by atoms with E-state index in [2.05, 4.69) is 5.10 Å². The average molecular weight is 314 g/mol. The molecular formula is C13H12F2N2O3S. The van der Waals surface area contributed by atoms with Crippen molar-refractivity contribution >= 4 is 17.7 Å². The molecule has 0 unspecified atom stereocenters. The van der Waals surface area contributed by atoms with E-state index in [1.54, 1.807) is 24.3 Å². The Hall–Kier alpha value is -2.09. The van der Waals surface area contributed by atoms with Crippen molar-refractivity contribution in [3.8, 4) is 11.4 Å². The molecule has 1 aromatic heterocycles. The first-order valence-corrected chi connectivity index (χ1v) is 6.87. The van der Waals surface area contributed by atoms with E-state index in [0.29, 0.717) is 16.5 Å². The Bertz CT molecular complexity index is 629. The van der Waals surface area contributed by atoms with Crippen LogP contribution in [0, 0.1) is 0 Å². The quantitative estimate of drug-likeness (QED) is 0.830. The molecule has 21 heavy (non-hydrogen) atoms. The summed E-state index contributed by atoms with van der Waals surface area (Å²) in [6.45, 7) is 0. The van der Waals surface area contributed by atoms with Crippen LogP contribution in [0.25, 0.3) is 5.69 Å². The number of aliphatic carboxylic acids is 1. The summed E-state index contributed by atoms with van der Waals surface area (Å²) < 4.78 is 31.9. The second kappa shape index (κ2) is 6.57. The summed E-state index contributed by atoms with van der Waals surface area (Å²) in [4.78, 5) is 10.6. The molecule has 0 aliphatic carbocycles. The number of rotatable bonds is 6. The summed E-state index contributed by atoms with van der Waals surface area (Å²) in [5.41, 5.74) is 0.161. The molecule has 8 heteroatoms. The van der Waals surface area contributed by atoms with Gasteiger partial charge in [-0.1, -0.05) is 11.8 Å². The van der Waals surface area contributed by atoms with E-state index in [1.165, 1.54) is 17.9 Å². The van der Waals surface area contributed by atoms with Gasteiger partial charge in [-0.2, -0.15) is 5.10 Å². The molecular weight excluding hydrogens is 302 g/mol. The van der Waals surface area contributed by atoms with Gasteiger partial charge in [-0.05, 0) is 30.3 Å². The molecule has 1 N–H and O–H groups in total. The van der Waals surface area contributed by atoms with Gasteiger partial charge < -0.3 is 9.84 Å². The minimum Gasteiger partial charge on any atom is -0.497 e. The Balaban J connectivity index is 2.36. The lowest BCUT2D eigenvalue weighted by molar-refractivity contribution is -0.133. The van der Waals surface area contributed by atoms with Crippen LogP contribution in [-0.2, 0) is 4.79 Å². The lowest BCUT2D eigenvalue weighted by Crippen LogP contribution is -2.02. The largest absolute Gasteiger partial charge is 0.497 e. The SMILES string of the molecule is COc1ccc(-n2nc(C(F)F)cc2SCC(=O)O)cc1. The van der Waals surface area contributed by atoms with E-state index < -0.39 is 18.1 Å². The van der Waals surface area contributed by atoms with Gasteiger partial charge in [0.05, 0.1) is 18.6 Å². The van der Waals surface area contributed by atoms with Crippen LogP contribution in [0.5, 0.6) is 5.75 Å². The third-order valence-corrected chi connectivity index (χ3v) is 3.56. The zero-order valence-corrected chi connectivity index (χ0v) is 11.8. The van der Waals surface area contributed by atoms with E-state index in [4.69, 9.17) is 9.84 Å². The summed E-state index contributed by atoms with van der Waals surface area (Å²) in [7, 11) is 1.52. The first-order chi connectivity index (χ1) is 10.0. The number of benzene rings is 1. The Labute approximate surface area is 123 Å². The molecule has 0 aliphatic heterocycles. The fourth-order valence-electron chi connectivity index (χ4n) is 1.63. The number of thioether (sulfide) groups is 1. The van der Waals surface area contributed by atoms with Crippen molar-refractivity contribution in [3.63, 3.8) is 0 Å². The third-order valence-electron chi connectivity index (χ3n) is 2.58. The lowest BCUT2D eigenvalue weighted by Gasteiger charge is -2.07. The highest BCUT2D eigenvalue weighted by atomic mass is 32.2. The Morgan fingerprint density at radius 1 is 1.43 bits per heavy atom. The standard InChI is InChI=1S/C13H12F2N2O3S/c1-20-9-4-2-8(3-5-9)17-11(21-7-12(18)19)6-10(16-17)13(14)15/h2-6,13H,7H2,1H3,(H,18,19). The number of alkyl halides is 2. The molecule has 1 heterocycles. The van der Waals surface area contributed by atoms with Gasteiger partial charge in [0.15, 0.2) is 0 Å². The van der Waals surface area contributed by atoms with Crippen molar-refractivity contribution in [2.45, 2.75) is 11.5 Å². The monoisotopic (exact) mass is 314 g/mol. The van der Waals surface area contributed by atoms with Crippen LogP contribution in [-0.4, -0.2) is 33.7 Å². The van der Waals surface area contributed by atoms with Crippen LogP contribution in [0.1, 0.15) is 12.1 Å². The van der Waals surface area contributed by atoms with Crippen LogP contribution in [0.15, 0.2) is 35.4 Å². The molecule has 0 radical (unpaired) electrons. The molecule has 0 atom stereocenters. The van der Waals surface area contributed by atoms with Gasteiger partial charge in [-0.25, -0.2) is 13.5 Å². The molecule has 0 saturated heterocycles. The third kappa shape index (κ3) is 3.72. The molecule has 5 nitrogen and oxygen atoms in total. The minimum atomic E-state index is -2.71.